The predicted molar refractivity (Wildman–Crippen MR) is 55.3 cm³/mol. The molecule has 0 amide bonds. The standard InChI is InChI=1S/C10H15F3N4/c1-17-9(14-6-15-17)5-7-3-2-4-8(16-7)10(11,12)13/h6-8,16H,2-5H2,1H3. The van der Waals surface area contributed by atoms with E-state index in [1.54, 1.807) is 11.7 Å². The number of halogens is 3. The highest BCUT2D eigenvalue weighted by Crippen LogP contribution is 2.28. The molecule has 1 aromatic heterocycles. The maximum absolute atomic E-state index is 12.6. The summed E-state index contributed by atoms with van der Waals surface area (Å²) in [4.78, 5) is 4.03. The molecule has 2 unspecified atom stereocenters. The van der Waals surface area contributed by atoms with Gasteiger partial charge in [-0.25, -0.2) is 4.98 Å². The van der Waals surface area contributed by atoms with Crippen molar-refractivity contribution in [1.82, 2.24) is 20.1 Å². The molecule has 17 heavy (non-hydrogen) atoms. The first-order valence-electron chi connectivity index (χ1n) is 5.62. The summed E-state index contributed by atoms with van der Waals surface area (Å²) in [7, 11) is 1.74. The molecule has 4 nitrogen and oxygen atoms in total. The first-order valence-corrected chi connectivity index (χ1v) is 5.62. The number of aryl methyl sites for hydroxylation is 1. The molecule has 1 saturated heterocycles. The van der Waals surface area contributed by atoms with E-state index < -0.39 is 12.2 Å². The van der Waals surface area contributed by atoms with E-state index in [2.05, 4.69) is 15.4 Å². The number of alkyl halides is 3. The van der Waals surface area contributed by atoms with Gasteiger partial charge in [-0.3, -0.25) is 4.68 Å². The number of piperidine rings is 1. The Hall–Kier alpha value is -1.11. The van der Waals surface area contributed by atoms with Gasteiger partial charge in [-0.2, -0.15) is 18.3 Å². The fourth-order valence-corrected chi connectivity index (χ4v) is 2.16. The highest BCUT2D eigenvalue weighted by atomic mass is 19.4. The van der Waals surface area contributed by atoms with Gasteiger partial charge in [-0.1, -0.05) is 0 Å². The summed E-state index contributed by atoms with van der Waals surface area (Å²) in [5.41, 5.74) is 0. The topological polar surface area (TPSA) is 42.7 Å². The SMILES string of the molecule is Cn1ncnc1CC1CCCC(C(F)(F)F)N1. The van der Waals surface area contributed by atoms with Crippen LogP contribution in [0.2, 0.25) is 0 Å². The van der Waals surface area contributed by atoms with Crippen LogP contribution in [-0.4, -0.2) is 33.0 Å². The van der Waals surface area contributed by atoms with Crippen LogP contribution in [0.25, 0.3) is 0 Å². The molecule has 1 fully saturated rings. The van der Waals surface area contributed by atoms with Gasteiger partial charge >= 0.3 is 6.18 Å². The van der Waals surface area contributed by atoms with E-state index in [9.17, 15) is 13.2 Å². The van der Waals surface area contributed by atoms with Gasteiger partial charge in [0, 0.05) is 19.5 Å². The molecule has 2 atom stereocenters. The van der Waals surface area contributed by atoms with E-state index in [0.717, 1.165) is 6.42 Å². The van der Waals surface area contributed by atoms with Crippen LogP contribution < -0.4 is 5.32 Å². The molecule has 2 heterocycles. The van der Waals surface area contributed by atoms with E-state index in [1.807, 2.05) is 0 Å². The molecule has 1 aromatic rings. The van der Waals surface area contributed by atoms with Gasteiger partial charge < -0.3 is 5.32 Å². The zero-order valence-corrected chi connectivity index (χ0v) is 9.54. The number of hydrogen-bond donors (Lipinski definition) is 1. The van der Waals surface area contributed by atoms with Crippen LogP contribution in [0.3, 0.4) is 0 Å². The zero-order valence-electron chi connectivity index (χ0n) is 9.54. The Labute approximate surface area is 97.2 Å². The molecule has 1 aliphatic heterocycles. The lowest BCUT2D eigenvalue weighted by molar-refractivity contribution is -0.163. The third-order valence-electron chi connectivity index (χ3n) is 3.11. The number of aromatic nitrogens is 3. The van der Waals surface area contributed by atoms with Crippen molar-refractivity contribution in [2.75, 3.05) is 0 Å². The first kappa shape index (κ1) is 12.3. The molecule has 1 aliphatic rings. The molecular weight excluding hydrogens is 233 g/mol. The summed E-state index contributed by atoms with van der Waals surface area (Å²) in [5, 5.41) is 6.56. The van der Waals surface area contributed by atoms with Gasteiger partial charge in [-0.05, 0) is 19.3 Å². The largest absolute Gasteiger partial charge is 0.403 e. The lowest BCUT2D eigenvalue weighted by atomic mass is 9.96. The van der Waals surface area contributed by atoms with Crippen LogP contribution >= 0.6 is 0 Å². The third kappa shape index (κ3) is 2.96. The van der Waals surface area contributed by atoms with E-state index >= 15 is 0 Å². The van der Waals surface area contributed by atoms with E-state index in [4.69, 9.17) is 0 Å². The van der Waals surface area contributed by atoms with Crippen molar-refractivity contribution >= 4 is 0 Å². The molecule has 1 N–H and O–H groups in total. The molecule has 0 bridgehead atoms. The summed E-state index contributed by atoms with van der Waals surface area (Å²) < 4.78 is 39.3. The predicted octanol–water partition coefficient (Wildman–Crippen LogP) is 1.43. The van der Waals surface area contributed by atoms with Crippen LogP contribution in [0.1, 0.15) is 25.1 Å². The molecule has 0 spiro atoms. The minimum atomic E-state index is -4.15. The Bertz CT molecular complexity index is 374. The molecule has 96 valence electrons. The lowest BCUT2D eigenvalue weighted by Gasteiger charge is -2.32. The monoisotopic (exact) mass is 248 g/mol. The normalized spacial score (nSPS) is 26.1. The smallest absolute Gasteiger partial charge is 0.303 e. The van der Waals surface area contributed by atoms with Crippen LogP contribution in [0, 0.1) is 0 Å². The number of nitrogens with zero attached hydrogens (tertiary/aromatic N) is 3. The Morgan fingerprint density at radius 3 is 2.82 bits per heavy atom. The van der Waals surface area contributed by atoms with Crippen molar-refractivity contribution in [3.05, 3.63) is 12.2 Å². The highest BCUT2D eigenvalue weighted by molar-refractivity contribution is 4.93. The van der Waals surface area contributed by atoms with Crippen molar-refractivity contribution in [1.29, 1.82) is 0 Å². The van der Waals surface area contributed by atoms with Gasteiger partial charge in [0.15, 0.2) is 0 Å². The molecule has 7 heteroatoms. The Balaban J connectivity index is 1.96. The average Bonchev–Trinajstić information content (AvgIpc) is 2.64. The van der Waals surface area contributed by atoms with E-state index in [-0.39, 0.29) is 12.5 Å². The van der Waals surface area contributed by atoms with E-state index in [0.29, 0.717) is 18.7 Å². The maximum atomic E-state index is 12.6. The summed E-state index contributed by atoms with van der Waals surface area (Å²) in [6.45, 7) is 0. The minimum Gasteiger partial charge on any atom is -0.303 e. The first-order chi connectivity index (χ1) is 7.97. The van der Waals surface area contributed by atoms with Gasteiger partial charge in [0.25, 0.3) is 0 Å². The Morgan fingerprint density at radius 2 is 2.24 bits per heavy atom. The van der Waals surface area contributed by atoms with Crippen molar-refractivity contribution in [2.45, 2.75) is 43.9 Å². The quantitative estimate of drug-likeness (QED) is 0.861. The highest BCUT2D eigenvalue weighted by Gasteiger charge is 2.42. The van der Waals surface area contributed by atoms with Crippen molar-refractivity contribution < 1.29 is 13.2 Å². The second kappa shape index (κ2) is 4.64. The van der Waals surface area contributed by atoms with Gasteiger partial charge in [0.05, 0.1) is 0 Å². The number of rotatable bonds is 2. The fraction of sp³-hybridized carbons (Fsp3) is 0.800. The lowest BCUT2D eigenvalue weighted by Crippen LogP contribution is -2.51. The molecule has 2 rings (SSSR count). The molecule has 0 saturated carbocycles. The average molecular weight is 248 g/mol. The maximum Gasteiger partial charge on any atom is 0.403 e. The van der Waals surface area contributed by atoms with Crippen molar-refractivity contribution in [2.24, 2.45) is 7.05 Å². The Morgan fingerprint density at radius 1 is 1.47 bits per heavy atom. The van der Waals surface area contributed by atoms with Crippen molar-refractivity contribution in [3.8, 4) is 0 Å². The van der Waals surface area contributed by atoms with Gasteiger partial charge in [0.2, 0.25) is 0 Å². The second-order valence-corrected chi connectivity index (χ2v) is 4.39. The number of nitrogens with one attached hydrogen (secondary N) is 1. The van der Waals surface area contributed by atoms with Gasteiger partial charge in [-0.15, -0.1) is 0 Å². The van der Waals surface area contributed by atoms with Crippen LogP contribution in [0.4, 0.5) is 13.2 Å². The summed E-state index contributed by atoms with van der Waals surface area (Å²) in [5.74, 6) is 0.713. The van der Waals surface area contributed by atoms with E-state index in [1.165, 1.54) is 6.33 Å². The molecule has 0 aliphatic carbocycles. The third-order valence-corrected chi connectivity index (χ3v) is 3.11. The van der Waals surface area contributed by atoms with Crippen LogP contribution in [0.5, 0.6) is 0 Å². The van der Waals surface area contributed by atoms with Crippen LogP contribution in [-0.2, 0) is 13.5 Å². The molecule has 0 aromatic carbocycles. The Kier molecular flexibility index (Phi) is 3.37. The second-order valence-electron chi connectivity index (χ2n) is 4.39. The molecule has 0 radical (unpaired) electrons. The number of hydrogen-bond acceptors (Lipinski definition) is 3. The molecular formula is C10H15F3N4. The summed E-state index contributed by atoms with van der Waals surface area (Å²) >= 11 is 0. The van der Waals surface area contributed by atoms with Gasteiger partial charge in [0.1, 0.15) is 18.2 Å². The minimum absolute atomic E-state index is 0.165. The zero-order chi connectivity index (χ0) is 12.5. The summed E-state index contributed by atoms with van der Waals surface area (Å²) in [6.07, 6.45) is -0.737. The fourth-order valence-electron chi connectivity index (χ4n) is 2.16. The van der Waals surface area contributed by atoms with Crippen LogP contribution in [0.15, 0.2) is 6.33 Å². The summed E-state index contributed by atoms with van der Waals surface area (Å²) in [6, 6.07) is -1.55. The van der Waals surface area contributed by atoms with Crippen molar-refractivity contribution in [3.63, 3.8) is 0 Å².